The van der Waals surface area contributed by atoms with Crippen LogP contribution in [0.25, 0.3) is 0 Å². The number of hydrogen-bond acceptors (Lipinski definition) is 3. The van der Waals surface area contributed by atoms with Gasteiger partial charge in [-0.15, -0.1) is 0 Å². The number of hydrogen-bond donors (Lipinski definition) is 2. The maximum absolute atomic E-state index is 11.6. The van der Waals surface area contributed by atoms with Crippen molar-refractivity contribution < 1.29 is 9.69 Å². The van der Waals surface area contributed by atoms with E-state index in [1.54, 1.807) is 7.05 Å². The molecule has 0 spiro atoms. The largest absolute Gasteiger partial charge is 0.355 e. The van der Waals surface area contributed by atoms with Crippen LogP contribution in [0.3, 0.4) is 0 Å². The summed E-state index contributed by atoms with van der Waals surface area (Å²) in [4.78, 5) is 12.9. The Morgan fingerprint density at radius 2 is 1.79 bits per heavy atom. The van der Waals surface area contributed by atoms with Crippen molar-refractivity contribution in [3.63, 3.8) is 0 Å². The lowest BCUT2D eigenvalue weighted by Gasteiger charge is -2.14. The molecule has 0 saturated carbocycles. The number of quaternary nitrogens is 1. The molecule has 1 heterocycles. The highest BCUT2D eigenvalue weighted by atomic mass is 32.1. The predicted molar refractivity (Wildman–Crippen MR) is 112 cm³/mol. The first-order valence-corrected chi connectivity index (χ1v) is 9.67. The summed E-state index contributed by atoms with van der Waals surface area (Å²) in [7, 11) is 5.72. The topological polar surface area (TPSA) is 56.3 Å². The van der Waals surface area contributed by atoms with Crippen LogP contribution in [0.4, 0.5) is 0 Å². The minimum Gasteiger partial charge on any atom is -0.355 e. The van der Waals surface area contributed by atoms with Crippen molar-refractivity contribution >= 4 is 18.1 Å². The van der Waals surface area contributed by atoms with Crippen LogP contribution in [-0.4, -0.2) is 34.4 Å². The van der Waals surface area contributed by atoms with Crippen molar-refractivity contribution in [2.75, 3.05) is 14.1 Å². The van der Waals surface area contributed by atoms with E-state index in [-0.39, 0.29) is 5.91 Å². The molecule has 0 radical (unpaired) electrons. The van der Waals surface area contributed by atoms with Crippen molar-refractivity contribution in [3.05, 3.63) is 81.9 Å². The number of carbonyl (C=O) groups excluding carboxylic acids is 1. The summed E-state index contributed by atoms with van der Waals surface area (Å²) in [5, 5.41) is 7.37. The molecule has 6 nitrogen and oxygen atoms in total. The summed E-state index contributed by atoms with van der Waals surface area (Å²) in [6.07, 6.45) is 0.758. The molecule has 0 fully saturated rings. The smallest absolute Gasteiger partial charge is 0.251 e. The molecule has 0 bridgehead atoms. The van der Waals surface area contributed by atoms with Crippen LogP contribution in [-0.2, 0) is 26.7 Å². The molecular weight excluding hydrogens is 370 g/mol. The van der Waals surface area contributed by atoms with Gasteiger partial charge in [0.2, 0.25) is 4.77 Å². The number of rotatable bonds is 7. The third kappa shape index (κ3) is 4.74. The van der Waals surface area contributed by atoms with Gasteiger partial charge in [-0.3, -0.25) is 4.79 Å². The molecule has 0 aliphatic rings. The van der Waals surface area contributed by atoms with Crippen LogP contribution < -0.4 is 10.2 Å². The van der Waals surface area contributed by atoms with Crippen LogP contribution in [0.5, 0.6) is 0 Å². The minimum atomic E-state index is -0.0713. The summed E-state index contributed by atoms with van der Waals surface area (Å²) in [5.41, 5.74) is 3.05. The number of aromatic nitrogens is 3. The number of amides is 1. The lowest BCUT2D eigenvalue weighted by molar-refractivity contribution is -0.917. The molecule has 1 atom stereocenters. The van der Waals surface area contributed by atoms with Crippen molar-refractivity contribution in [1.82, 2.24) is 19.7 Å². The number of benzene rings is 2. The molecule has 3 rings (SSSR count). The van der Waals surface area contributed by atoms with E-state index in [1.165, 1.54) is 10.5 Å². The molecule has 2 N–H and O–H groups in total. The van der Waals surface area contributed by atoms with Crippen molar-refractivity contribution in [3.8, 4) is 0 Å². The lowest BCUT2D eigenvalue weighted by Crippen LogP contribution is -3.07. The number of nitrogens with zero attached hydrogens (tertiary/aromatic N) is 3. The zero-order valence-electron chi connectivity index (χ0n) is 16.5. The molecular formula is C21H26N5OS+. The second-order valence-electron chi connectivity index (χ2n) is 6.99. The number of nitrogens with one attached hydrogen (secondary N) is 2. The SMILES string of the molecule is CNC(=O)c1ccc(C[NH+](C)Cn2nc(Cc3ccccc3)n(C)c2=S)cc1. The zero-order chi connectivity index (χ0) is 20.1. The molecule has 1 unspecified atom stereocenters. The maximum Gasteiger partial charge on any atom is 0.251 e. The van der Waals surface area contributed by atoms with Crippen LogP contribution >= 0.6 is 12.2 Å². The van der Waals surface area contributed by atoms with Gasteiger partial charge in [-0.05, 0) is 29.9 Å². The Kier molecular flexibility index (Phi) is 6.38. The van der Waals surface area contributed by atoms with Gasteiger partial charge in [-0.2, -0.15) is 9.78 Å². The van der Waals surface area contributed by atoms with Crippen LogP contribution in [0.2, 0.25) is 0 Å². The molecule has 7 heteroatoms. The maximum atomic E-state index is 11.6. The highest BCUT2D eigenvalue weighted by Crippen LogP contribution is 2.08. The Morgan fingerprint density at radius 3 is 2.43 bits per heavy atom. The van der Waals surface area contributed by atoms with Crippen molar-refractivity contribution in [2.24, 2.45) is 7.05 Å². The monoisotopic (exact) mass is 396 g/mol. The Balaban J connectivity index is 1.67. The van der Waals surface area contributed by atoms with E-state index in [4.69, 9.17) is 17.3 Å². The quantitative estimate of drug-likeness (QED) is 0.596. The molecule has 0 saturated heterocycles. The molecule has 0 aliphatic carbocycles. The van der Waals surface area contributed by atoms with Gasteiger partial charge in [-0.1, -0.05) is 42.5 Å². The Morgan fingerprint density at radius 1 is 1.11 bits per heavy atom. The molecule has 3 aromatic rings. The Hall–Kier alpha value is -2.77. The van der Waals surface area contributed by atoms with Gasteiger partial charge in [0.05, 0.1) is 7.05 Å². The van der Waals surface area contributed by atoms with E-state index in [1.807, 2.05) is 58.8 Å². The number of carbonyl (C=O) groups is 1. The lowest BCUT2D eigenvalue weighted by atomic mass is 10.1. The second kappa shape index (κ2) is 8.95. The van der Waals surface area contributed by atoms with E-state index in [2.05, 4.69) is 24.5 Å². The highest BCUT2D eigenvalue weighted by molar-refractivity contribution is 7.71. The highest BCUT2D eigenvalue weighted by Gasteiger charge is 2.12. The van der Waals surface area contributed by atoms with E-state index in [9.17, 15) is 4.79 Å². The van der Waals surface area contributed by atoms with Crippen LogP contribution in [0.1, 0.15) is 27.3 Å². The molecule has 0 aliphatic heterocycles. The average molecular weight is 397 g/mol. The summed E-state index contributed by atoms with van der Waals surface area (Å²) in [5.74, 6) is 0.886. The predicted octanol–water partition coefficient (Wildman–Crippen LogP) is 1.57. The van der Waals surface area contributed by atoms with Crippen molar-refractivity contribution in [2.45, 2.75) is 19.6 Å². The summed E-state index contributed by atoms with van der Waals surface area (Å²) >= 11 is 5.58. The summed E-state index contributed by atoms with van der Waals surface area (Å²) in [6, 6.07) is 18.0. The van der Waals surface area contributed by atoms with E-state index in [0.29, 0.717) is 12.2 Å². The zero-order valence-corrected chi connectivity index (χ0v) is 17.3. The second-order valence-corrected chi connectivity index (χ2v) is 7.35. The average Bonchev–Trinajstić information content (AvgIpc) is 2.96. The van der Waals surface area contributed by atoms with Crippen molar-refractivity contribution in [1.29, 1.82) is 0 Å². The van der Waals surface area contributed by atoms with Gasteiger partial charge in [0.15, 0.2) is 6.67 Å². The van der Waals surface area contributed by atoms with Gasteiger partial charge in [0, 0.05) is 31.6 Å². The molecule has 2 aromatic carbocycles. The van der Waals surface area contributed by atoms with Gasteiger partial charge < -0.3 is 14.8 Å². The van der Waals surface area contributed by atoms with E-state index < -0.39 is 0 Å². The molecule has 146 valence electrons. The summed E-state index contributed by atoms with van der Waals surface area (Å²) in [6.45, 7) is 1.50. The van der Waals surface area contributed by atoms with E-state index >= 15 is 0 Å². The molecule has 1 aromatic heterocycles. The molecule has 1 amide bonds. The third-order valence-electron chi connectivity index (χ3n) is 4.70. The van der Waals surface area contributed by atoms with Gasteiger partial charge in [0.25, 0.3) is 5.91 Å². The van der Waals surface area contributed by atoms with Gasteiger partial charge in [-0.25, -0.2) is 0 Å². The first kappa shape index (κ1) is 20.0. The van der Waals surface area contributed by atoms with Gasteiger partial charge in [0.1, 0.15) is 12.4 Å². The van der Waals surface area contributed by atoms with Crippen LogP contribution in [0.15, 0.2) is 54.6 Å². The Bertz CT molecular complexity index is 992. The first-order valence-electron chi connectivity index (χ1n) is 9.27. The molecule has 28 heavy (non-hydrogen) atoms. The fraction of sp³-hybridized carbons (Fsp3) is 0.286. The fourth-order valence-electron chi connectivity index (χ4n) is 3.15. The minimum absolute atomic E-state index is 0.0713. The normalized spacial score (nSPS) is 12.0. The first-order chi connectivity index (χ1) is 13.5. The van der Waals surface area contributed by atoms with Gasteiger partial charge >= 0.3 is 0 Å². The third-order valence-corrected chi connectivity index (χ3v) is 5.19. The Labute approximate surface area is 170 Å². The summed E-state index contributed by atoms with van der Waals surface area (Å²) < 4.78 is 4.59. The fourth-order valence-corrected chi connectivity index (χ4v) is 3.36. The standard InChI is InChI=1S/C21H25N5OS/c1-22-20(27)18-11-9-17(10-12-18)14-24(2)15-26-21(28)25(3)19(23-26)13-16-7-5-4-6-8-16/h4-12H,13-15H2,1-3H3,(H,22,27)/p+1. The van der Waals surface area contributed by atoms with Crippen LogP contribution in [0, 0.1) is 4.77 Å². The van der Waals surface area contributed by atoms with E-state index in [0.717, 1.165) is 29.1 Å².